The molecule has 0 radical (unpaired) electrons. The number of nitrogens with zero attached hydrogens (tertiary/aromatic N) is 1. The molecule has 0 unspecified atom stereocenters. The van der Waals surface area contributed by atoms with Crippen molar-refractivity contribution < 1.29 is 5.11 Å². The van der Waals surface area contributed by atoms with Crippen LogP contribution in [0, 0.1) is 0 Å². The highest BCUT2D eigenvalue weighted by Crippen LogP contribution is 2.10. The zero-order valence-electron chi connectivity index (χ0n) is 10.3. The first kappa shape index (κ1) is 12.9. The smallest absolute Gasteiger partial charge is 0.250 e. The van der Waals surface area contributed by atoms with Crippen LogP contribution in [0.5, 0.6) is 0 Å². The Morgan fingerprint density at radius 3 is 2.62 bits per heavy atom. The Hall–Kier alpha value is -1.13. The fourth-order valence-electron chi connectivity index (χ4n) is 1.29. The summed E-state index contributed by atoms with van der Waals surface area (Å²) in [5, 5.41) is 13.1. The van der Waals surface area contributed by atoms with Gasteiger partial charge in [0.15, 0.2) is 0 Å². The van der Waals surface area contributed by atoms with Gasteiger partial charge in [0.2, 0.25) is 0 Å². The number of hydrogen-bond acceptors (Lipinski definition) is 3. The first-order valence-corrected chi connectivity index (χ1v) is 5.39. The Labute approximate surface area is 95.9 Å². The van der Waals surface area contributed by atoms with Gasteiger partial charge in [-0.15, -0.1) is 0 Å². The Morgan fingerprint density at radius 2 is 2.12 bits per heavy atom. The van der Waals surface area contributed by atoms with Gasteiger partial charge in [0.1, 0.15) is 0 Å². The number of aliphatic hydroxyl groups is 1. The maximum atomic E-state index is 11.4. The number of aryl methyl sites for hydroxylation is 1. The van der Waals surface area contributed by atoms with Crippen molar-refractivity contribution in [3.05, 3.63) is 34.2 Å². The lowest BCUT2D eigenvalue weighted by Crippen LogP contribution is -2.38. The Balaban J connectivity index is 2.70. The Bertz CT molecular complexity index is 404. The van der Waals surface area contributed by atoms with Crippen LogP contribution in [-0.4, -0.2) is 21.8 Å². The van der Waals surface area contributed by atoms with Crippen LogP contribution in [0.1, 0.15) is 32.4 Å². The largest absolute Gasteiger partial charge is 0.387 e. The third-order valence-electron chi connectivity index (χ3n) is 2.34. The van der Waals surface area contributed by atoms with Gasteiger partial charge in [-0.05, 0) is 32.4 Å². The van der Waals surface area contributed by atoms with E-state index in [1.165, 1.54) is 10.6 Å². The fourth-order valence-corrected chi connectivity index (χ4v) is 1.29. The van der Waals surface area contributed by atoms with Crippen LogP contribution in [0.25, 0.3) is 0 Å². The number of hydrogen-bond donors (Lipinski definition) is 2. The number of aliphatic hydroxyl groups excluding tert-OH is 1. The lowest BCUT2D eigenvalue weighted by atomic mass is 10.1. The van der Waals surface area contributed by atoms with Gasteiger partial charge in [-0.25, -0.2) is 0 Å². The van der Waals surface area contributed by atoms with E-state index in [4.69, 9.17) is 0 Å². The van der Waals surface area contributed by atoms with Crippen LogP contribution in [-0.2, 0) is 7.05 Å². The van der Waals surface area contributed by atoms with Crippen molar-refractivity contribution in [2.45, 2.75) is 32.4 Å². The van der Waals surface area contributed by atoms with E-state index >= 15 is 0 Å². The van der Waals surface area contributed by atoms with Crippen LogP contribution in [0.3, 0.4) is 0 Å². The molecule has 1 aromatic rings. The minimum absolute atomic E-state index is 0.0410. The summed E-state index contributed by atoms with van der Waals surface area (Å²) in [6.07, 6.45) is 1.02. The molecule has 0 bridgehead atoms. The molecule has 0 aliphatic rings. The first-order chi connectivity index (χ1) is 7.29. The summed E-state index contributed by atoms with van der Waals surface area (Å²) in [5.41, 5.74) is 0.507. The van der Waals surface area contributed by atoms with Crippen molar-refractivity contribution in [3.8, 4) is 0 Å². The summed E-state index contributed by atoms with van der Waals surface area (Å²) in [6.45, 7) is 6.54. The van der Waals surface area contributed by atoms with E-state index in [1.54, 1.807) is 19.3 Å². The standard InChI is InChI=1S/C12H20N2O2/c1-12(2,3)13-8-10(15)9-5-6-14(4)11(16)7-9/h5-7,10,13,15H,8H2,1-4H3/t10-/m0/s1. The second kappa shape index (κ2) is 4.80. The lowest BCUT2D eigenvalue weighted by molar-refractivity contribution is 0.163. The molecule has 4 heteroatoms. The van der Waals surface area contributed by atoms with Crippen molar-refractivity contribution in [2.24, 2.45) is 7.05 Å². The van der Waals surface area contributed by atoms with Gasteiger partial charge in [0.05, 0.1) is 6.10 Å². The lowest BCUT2D eigenvalue weighted by Gasteiger charge is -2.23. The molecule has 1 rings (SSSR count). The number of nitrogens with one attached hydrogen (secondary N) is 1. The molecule has 90 valence electrons. The molecule has 0 saturated carbocycles. The summed E-state index contributed by atoms with van der Waals surface area (Å²) >= 11 is 0. The average molecular weight is 224 g/mol. The molecule has 16 heavy (non-hydrogen) atoms. The molecule has 1 atom stereocenters. The third-order valence-corrected chi connectivity index (χ3v) is 2.34. The van der Waals surface area contributed by atoms with Crippen molar-refractivity contribution in [3.63, 3.8) is 0 Å². The second-order valence-electron chi connectivity index (χ2n) is 5.06. The quantitative estimate of drug-likeness (QED) is 0.798. The second-order valence-corrected chi connectivity index (χ2v) is 5.06. The normalized spacial score (nSPS) is 13.8. The molecule has 2 N–H and O–H groups in total. The van der Waals surface area contributed by atoms with E-state index in [2.05, 4.69) is 5.32 Å². The third kappa shape index (κ3) is 3.79. The van der Waals surface area contributed by atoms with Crippen molar-refractivity contribution >= 4 is 0 Å². The molecule has 0 aliphatic heterocycles. The van der Waals surface area contributed by atoms with Gasteiger partial charge in [-0.3, -0.25) is 4.79 Å². The van der Waals surface area contributed by atoms with Crippen LogP contribution >= 0.6 is 0 Å². The molecule has 0 spiro atoms. The molecule has 0 saturated heterocycles. The van der Waals surface area contributed by atoms with E-state index in [-0.39, 0.29) is 11.1 Å². The Morgan fingerprint density at radius 1 is 1.50 bits per heavy atom. The molecule has 0 fully saturated rings. The fraction of sp³-hybridized carbons (Fsp3) is 0.583. The number of aromatic nitrogens is 1. The average Bonchev–Trinajstić information content (AvgIpc) is 2.17. The van der Waals surface area contributed by atoms with E-state index in [0.29, 0.717) is 12.1 Å². The molecule has 1 heterocycles. The number of β-amino-alcohol motifs (C(OH)–C–C–N with tert-alkyl or cyclic N) is 1. The van der Waals surface area contributed by atoms with Gasteiger partial charge in [-0.1, -0.05) is 0 Å². The molecule has 1 aromatic heterocycles. The molecule has 0 amide bonds. The van der Waals surface area contributed by atoms with Crippen LogP contribution in [0.2, 0.25) is 0 Å². The highest BCUT2D eigenvalue weighted by molar-refractivity contribution is 5.14. The summed E-state index contributed by atoms with van der Waals surface area (Å²) in [5.74, 6) is 0. The summed E-state index contributed by atoms with van der Waals surface area (Å²) in [7, 11) is 1.69. The van der Waals surface area contributed by atoms with E-state index in [1.807, 2.05) is 20.8 Å². The predicted molar refractivity (Wildman–Crippen MR) is 64.4 cm³/mol. The minimum atomic E-state index is -0.645. The van der Waals surface area contributed by atoms with Gasteiger partial charge in [-0.2, -0.15) is 0 Å². The van der Waals surface area contributed by atoms with Gasteiger partial charge in [0, 0.05) is 31.4 Å². The van der Waals surface area contributed by atoms with Gasteiger partial charge < -0.3 is 15.0 Å². The molecule has 0 aromatic carbocycles. The Kier molecular flexibility index (Phi) is 3.88. The zero-order chi connectivity index (χ0) is 12.3. The van der Waals surface area contributed by atoms with Crippen LogP contribution < -0.4 is 10.9 Å². The van der Waals surface area contributed by atoms with Gasteiger partial charge in [0.25, 0.3) is 5.56 Å². The predicted octanol–water partition coefficient (Wildman–Crippen LogP) is 0.807. The molecular weight excluding hydrogens is 204 g/mol. The van der Waals surface area contributed by atoms with E-state index < -0.39 is 6.10 Å². The first-order valence-electron chi connectivity index (χ1n) is 5.39. The maximum Gasteiger partial charge on any atom is 0.250 e. The highest BCUT2D eigenvalue weighted by atomic mass is 16.3. The zero-order valence-corrected chi connectivity index (χ0v) is 10.3. The van der Waals surface area contributed by atoms with Crippen molar-refractivity contribution in [2.75, 3.05) is 6.54 Å². The highest BCUT2D eigenvalue weighted by Gasteiger charge is 2.13. The van der Waals surface area contributed by atoms with Gasteiger partial charge >= 0.3 is 0 Å². The van der Waals surface area contributed by atoms with E-state index in [0.717, 1.165) is 0 Å². The van der Waals surface area contributed by atoms with Crippen molar-refractivity contribution in [1.29, 1.82) is 0 Å². The molecular formula is C12H20N2O2. The molecule has 0 aliphatic carbocycles. The monoisotopic (exact) mass is 224 g/mol. The minimum Gasteiger partial charge on any atom is -0.387 e. The topological polar surface area (TPSA) is 54.3 Å². The summed E-state index contributed by atoms with van der Waals surface area (Å²) in [6, 6.07) is 3.23. The summed E-state index contributed by atoms with van der Waals surface area (Å²) < 4.78 is 1.48. The molecule has 4 nitrogen and oxygen atoms in total. The van der Waals surface area contributed by atoms with Crippen LogP contribution in [0.15, 0.2) is 23.1 Å². The SMILES string of the molecule is Cn1ccc([C@@H](O)CNC(C)(C)C)cc1=O. The number of rotatable bonds is 3. The van der Waals surface area contributed by atoms with Crippen LogP contribution in [0.4, 0.5) is 0 Å². The van der Waals surface area contributed by atoms with E-state index in [9.17, 15) is 9.90 Å². The number of pyridine rings is 1. The van der Waals surface area contributed by atoms with Crippen molar-refractivity contribution in [1.82, 2.24) is 9.88 Å². The maximum absolute atomic E-state index is 11.4. The summed E-state index contributed by atoms with van der Waals surface area (Å²) in [4.78, 5) is 11.4.